The third-order valence-corrected chi connectivity index (χ3v) is 3.90. The van der Waals surface area contributed by atoms with E-state index in [0.717, 1.165) is 37.1 Å². The molecule has 0 aliphatic heterocycles. The molecule has 0 amide bonds. The molecular weight excluding hydrogens is 268 g/mol. The monoisotopic (exact) mass is 286 g/mol. The van der Waals surface area contributed by atoms with Gasteiger partial charge in [-0.15, -0.1) is 0 Å². The molecule has 0 unspecified atom stereocenters. The molecule has 1 N–H and O–H groups in total. The zero-order chi connectivity index (χ0) is 14.8. The fraction of sp³-hybridized carbons (Fsp3) is 0.375. The number of imidazole rings is 1. The second-order valence-electron chi connectivity index (χ2n) is 5.43. The van der Waals surface area contributed by atoms with Crippen molar-refractivity contribution >= 4 is 5.97 Å². The summed E-state index contributed by atoms with van der Waals surface area (Å²) in [7, 11) is 0. The molecule has 0 saturated heterocycles. The van der Waals surface area contributed by atoms with Crippen molar-refractivity contribution in [3.8, 4) is 5.69 Å². The largest absolute Gasteiger partial charge is 0.459 e. The SMILES string of the molecule is Cc1c[nH]c(=O)n1-c1ccc(C(=O)OC2CCCC2)cc1. The van der Waals surface area contributed by atoms with E-state index in [1.165, 1.54) is 0 Å². The Hall–Kier alpha value is -2.30. The number of hydrogen-bond donors (Lipinski definition) is 1. The number of nitrogens with one attached hydrogen (secondary N) is 1. The van der Waals surface area contributed by atoms with Crippen LogP contribution in [0.1, 0.15) is 41.7 Å². The number of hydrogen-bond acceptors (Lipinski definition) is 3. The van der Waals surface area contributed by atoms with Crippen molar-refractivity contribution < 1.29 is 9.53 Å². The molecule has 5 heteroatoms. The molecule has 1 aliphatic rings. The maximum Gasteiger partial charge on any atom is 0.338 e. The Morgan fingerprint density at radius 2 is 1.90 bits per heavy atom. The number of nitrogens with zero attached hydrogens (tertiary/aromatic N) is 1. The van der Waals surface area contributed by atoms with E-state index in [9.17, 15) is 9.59 Å². The fourth-order valence-electron chi connectivity index (χ4n) is 2.75. The van der Waals surface area contributed by atoms with E-state index in [2.05, 4.69) is 4.98 Å². The van der Waals surface area contributed by atoms with Crippen molar-refractivity contribution in [3.63, 3.8) is 0 Å². The molecule has 1 aromatic carbocycles. The molecule has 0 radical (unpaired) electrons. The lowest BCUT2D eigenvalue weighted by Crippen LogP contribution is -2.17. The van der Waals surface area contributed by atoms with Gasteiger partial charge in [-0.05, 0) is 56.9 Å². The molecule has 0 atom stereocenters. The van der Waals surface area contributed by atoms with Gasteiger partial charge >= 0.3 is 11.7 Å². The minimum Gasteiger partial charge on any atom is -0.459 e. The van der Waals surface area contributed by atoms with Crippen LogP contribution < -0.4 is 5.69 Å². The maximum atomic E-state index is 12.0. The van der Waals surface area contributed by atoms with Crippen molar-refractivity contribution in [2.24, 2.45) is 0 Å². The van der Waals surface area contributed by atoms with Gasteiger partial charge in [-0.1, -0.05) is 0 Å². The predicted molar refractivity (Wildman–Crippen MR) is 78.8 cm³/mol. The second-order valence-corrected chi connectivity index (χ2v) is 5.43. The number of ether oxygens (including phenoxy) is 1. The highest BCUT2D eigenvalue weighted by molar-refractivity contribution is 5.89. The molecule has 21 heavy (non-hydrogen) atoms. The lowest BCUT2D eigenvalue weighted by molar-refractivity contribution is 0.0318. The van der Waals surface area contributed by atoms with Crippen molar-refractivity contribution in [2.75, 3.05) is 0 Å². The normalized spacial score (nSPS) is 15.3. The Morgan fingerprint density at radius 3 is 2.48 bits per heavy atom. The highest BCUT2D eigenvalue weighted by Crippen LogP contribution is 2.22. The summed E-state index contributed by atoms with van der Waals surface area (Å²) in [6, 6.07) is 6.91. The summed E-state index contributed by atoms with van der Waals surface area (Å²) in [6.07, 6.45) is 5.90. The third-order valence-electron chi connectivity index (χ3n) is 3.90. The number of benzene rings is 1. The lowest BCUT2D eigenvalue weighted by atomic mass is 10.2. The summed E-state index contributed by atoms with van der Waals surface area (Å²) >= 11 is 0. The minimum atomic E-state index is -0.286. The molecule has 1 aromatic heterocycles. The molecule has 1 fully saturated rings. The molecule has 1 aliphatic carbocycles. The van der Waals surface area contributed by atoms with E-state index in [1.54, 1.807) is 35.0 Å². The van der Waals surface area contributed by atoms with Gasteiger partial charge in [0.2, 0.25) is 0 Å². The minimum absolute atomic E-state index is 0.0618. The van der Waals surface area contributed by atoms with Crippen LogP contribution in [0.15, 0.2) is 35.3 Å². The van der Waals surface area contributed by atoms with Crippen LogP contribution in [0.4, 0.5) is 0 Å². The molecule has 0 spiro atoms. The highest BCUT2D eigenvalue weighted by atomic mass is 16.5. The number of carbonyl (C=O) groups excluding carboxylic acids is 1. The number of aryl methyl sites for hydroxylation is 1. The number of H-pyrrole nitrogens is 1. The van der Waals surface area contributed by atoms with Crippen LogP contribution in [0.3, 0.4) is 0 Å². The lowest BCUT2D eigenvalue weighted by Gasteiger charge is -2.11. The number of aromatic nitrogens is 2. The molecular formula is C16H18N2O3. The Bertz CT molecular complexity index is 691. The zero-order valence-electron chi connectivity index (χ0n) is 12.0. The van der Waals surface area contributed by atoms with Gasteiger partial charge in [0.15, 0.2) is 0 Å². The van der Waals surface area contributed by atoms with Gasteiger partial charge in [0.05, 0.1) is 11.3 Å². The summed E-state index contributed by atoms with van der Waals surface area (Å²) in [5.41, 5.74) is 1.89. The van der Waals surface area contributed by atoms with Crippen molar-refractivity contribution in [2.45, 2.75) is 38.7 Å². The molecule has 2 aromatic rings. The Kier molecular flexibility index (Phi) is 3.64. The molecule has 1 heterocycles. The van der Waals surface area contributed by atoms with E-state index < -0.39 is 0 Å². The van der Waals surface area contributed by atoms with Crippen LogP contribution in [-0.2, 0) is 4.74 Å². The van der Waals surface area contributed by atoms with Crippen LogP contribution in [-0.4, -0.2) is 21.6 Å². The topological polar surface area (TPSA) is 64.1 Å². The summed E-state index contributed by atoms with van der Waals surface area (Å²) < 4.78 is 7.02. The first-order valence-corrected chi connectivity index (χ1v) is 7.23. The van der Waals surface area contributed by atoms with Gasteiger partial charge in [0, 0.05) is 11.9 Å². The fourth-order valence-corrected chi connectivity index (χ4v) is 2.75. The summed E-state index contributed by atoms with van der Waals surface area (Å²) in [5, 5.41) is 0. The first-order chi connectivity index (χ1) is 10.1. The summed E-state index contributed by atoms with van der Waals surface area (Å²) in [6.45, 7) is 1.85. The predicted octanol–water partition coefficient (Wildman–Crippen LogP) is 2.57. The first-order valence-electron chi connectivity index (χ1n) is 7.23. The van der Waals surface area contributed by atoms with Crippen molar-refractivity contribution in [1.82, 2.24) is 9.55 Å². The van der Waals surface area contributed by atoms with E-state index in [0.29, 0.717) is 5.56 Å². The smallest absolute Gasteiger partial charge is 0.338 e. The van der Waals surface area contributed by atoms with Crippen LogP contribution in [0.2, 0.25) is 0 Å². The van der Waals surface area contributed by atoms with Gasteiger partial charge in [0.25, 0.3) is 0 Å². The number of rotatable bonds is 3. The van der Waals surface area contributed by atoms with E-state index in [4.69, 9.17) is 4.74 Å². The van der Waals surface area contributed by atoms with Crippen LogP contribution >= 0.6 is 0 Å². The van der Waals surface area contributed by atoms with Gasteiger partial charge in [0.1, 0.15) is 6.10 Å². The average molecular weight is 286 g/mol. The van der Waals surface area contributed by atoms with Crippen LogP contribution in [0, 0.1) is 6.92 Å². The third kappa shape index (κ3) is 2.77. The molecule has 0 bridgehead atoms. The quantitative estimate of drug-likeness (QED) is 0.882. The van der Waals surface area contributed by atoms with Gasteiger partial charge in [-0.2, -0.15) is 0 Å². The van der Waals surface area contributed by atoms with Gasteiger partial charge in [-0.3, -0.25) is 4.57 Å². The van der Waals surface area contributed by atoms with E-state index in [1.807, 2.05) is 6.92 Å². The molecule has 5 nitrogen and oxygen atoms in total. The molecule has 1 saturated carbocycles. The van der Waals surface area contributed by atoms with E-state index >= 15 is 0 Å². The van der Waals surface area contributed by atoms with Crippen LogP contribution in [0.25, 0.3) is 5.69 Å². The molecule has 110 valence electrons. The maximum absolute atomic E-state index is 12.0. The van der Waals surface area contributed by atoms with Gasteiger partial charge < -0.3 is 9.72 Å². The second kappa shape index (κ2) is 5.60. The Labute approximate surface area is 122 Å². The standard InChI is InChI=1S/C16H18N2O3/c1-11-10-17-16(20)18(11)13-8-6-12(7-9-13)15(19)21-14-4-2-3-5-14/h6-10,14H,2-5H2,1H3,(H,17,20). The number of carbonyl (C=O) groups is 1. The van der Waals surface area contributed by atoms with E-state index in [-0.39, 0.29) is 17.8 Å². The Balaban J connectivity index is 1.77. The van der Waals surface area contributed by atoms with Crippen molar-refractivity contribution in [3.05, 3.63) is 52.2 Å². The van der Waals surface area contributed by atoms with Gasteiger partial charge in [-0.25, -0.2) is 9.59 Å². The first kappa shape index (κ1) is 13.7. The Morgan fingerprint density at radius 1 is 1.24 bits per heavy atom. The average Bonchev–Trinajstić information content (AvgIpc) is 3.09. The molecule has 3 rings (SSSR count). The van der Waals surface area contributed by atoms with Crippen molar-refractivity contribution in [1.29, 1.82) is 0 Å². The number of esters is 1. The van der Waals surface area contributed by atoms with Crippen LogP contribution in [0.5, 0.6) is 0 Å². The number of aromatic amines is 1. The zero-order valence-corrected chi connectivity index (χ0v) is 12.0. The highest BCUT2D eigenvalue weighted by Gasteiger charge is 2.20. The summed E-state index contributed by atoms with van der Waals surface area (Å²) in [4.78, 5) is 26.4. The summed E-state index contributed by atoms with van der Waals surface area (Å²) in [5.74, 6) is -0.286.